The van der Waals surface area contributed by atoms with E-state index in [1.54, 1.807) is 42.5 Å². The summed E-state index contributed by atoms with van der Waals surface area (Å²) in [6.45, 7) is 0. The molecule has 10 heteroatoms. The zero-order valence-electron chi connectivity index (χ0n) is 24.3. The minimum atomic E-state index is -0.854. The molecule has 0 saturated heterocycles. The lowest BCUT2D eigenvalue weighted by atomic mass is 10.1. The summed E-state index contributed by atoms with van der Waals surface area (Å²) < 4.78 is 21.3. The van der Waals surface area contributed by atoms with Crippen molar-refractivity contribution in [2.75, 3.05) is 14.2 Å². The molecule has 0 heterocycles. The number of hydrogen-bond acceptors (Lipinski definition) is 10. The fourth-order valence-electron chi connectivity index (χ4n) is 4.02. The maximum absolute atomic E-state index is 13.0. The monoisotopic (exact) mass is 608 g/mol. The summed E-state index contributed by atoms with van der Waals surface area (Å²) in [7, 11) is 2.79. The van der Waals surface area contributed by atoms with E-state index in [0.29, 0.717) is 11.1 Å². The Morgan fingerprint density at radius 1 is 0.578 bits per heavy atom. The number of rotatable bonds is 12. The smallest absolute Gasteiger partial charge is 0.347 e. The third kappa shape index (κ3) is 8.45. The van der Waals surface area contributed by atoms with E-state index in [4.69, 9.17) is 18.9 Å². The molecule has 4 aromatic rings. The zero-order valence-corrected chi connectivity index (χ0v) is 24.3. The van der Waals surface area contributed by atoms with Gasteiger partial charge in [0.25, 0.3) is 0 Å². The number of allylic oxidation sites excluding steroid dienone is 2. The normalized spacial score (nSPS) is 10.9. The SMILES string of the molecule is COc1cc(/C=C/C(=O)CC(=O)/C=C/c2ccc(OC(=O)c3ccccc3OC(=O)c3ccccc3O)c(OC)c2)ccc1O. The second kappa shape index (κ2) is 14.8. The van der Waals surface area contributed by atoms with Gasteiger partial charge in [0.1, 0.15) is 22.6 Å². The van der Waals surface area contributed by atoms with Crippen molar-refractivity contribution in [1.29, 1.82) is 0 Å². The van der Waals surface area contributed by atoms with E-state index in [9.17, 15) is 29.4 Å². The van der Waals surface area contributed by atoms with Crippen molar-refractivity contribution >= 4 is 35.7 Å². The molecule has 0 amide bonds. The predicted molar refractivity (Wildman–Crippen MR) is 165 cm³/mol. The number of aromatic hydroxyl groups is 2. The van der Waals surface area contributed by atoms with Gasteiger partial charge < -0.3 is 29.2 Å². The van der Waals surface area contributed by atoms with Crippen molar-refractivity contribution in [2.45, 2.75) is 6.42 Å². The van der Waals surface area contributed by atoms with Crippen molar-refractivity contribution in [3.05, 3.63) is 119 Å². The van der Waals surface area contributed by atoms with Crippen LogP contribution >= 0.6 is 0 Å². The average Bonchev–Trinajstić information content (AvgIpc) is 3.04. The fraction of sp³-hybridized carbons (Fsp3) is 0.0857. The standard InChI is InChI=1S/C35H28O10/c1-42-32-19-22(13-17-29(32)39)11-15-24(36)21-25(37)16-12-23-14-18-31(33(20-23)43-2)45-35(41)27-8-4-6-10-30(27)44-34(40)26-7-3-5-9-28(26)38/h3-20,38-39H,21H2,1-2H3/b15-11+,16-12+. The van der Waals surface area contributed by atoms with Crippen LogP contribution in [-0.2, 0) is 9.59 Å². The first-order chi connectivity index (χ1) is 21.7. The Balaban J connectivity index is 1.39. The van der Waals surface area contributed by atoms with E-state index in [2.05, 4.69) is 0 Å². The van der Waals surface area contributed by atoms with Crippen molar-refractivity contribution in [1.82, 2.24) is 0 Å². The molecule has 0 saturated carbocycles. The number of carbonyl (C=O) groups excluding carboxylic acids is 4. The van der Waals surface area contributed by atoms with Crippen LogP contribution in [0.1, 0.15) is 38.3 Å². The van der Waals surface area contributed by atoms with Crippen LogP contribution in [0, 0.1) is 0 Å². The van der Waals surface area contributed by atoms with Gasteiger partial charge in [-0.05, 0) is 71.8 Å². The molecule has 0 aliphatic rings. The number of phenols is 2. The van der Waals surface area contributed by atoms with Gasteiger partial charge in [-0.2, -0.15) is 0 Å². The van der Waals surface area contributed by atoms with Crippen molar-refractivity contribution in [3.8, 4) is 34.5 Å². The molecule has 4 aromatic carbocycles. The number of phenolic OH excluding ortho intramolecular Hbond substituents is 2. The Bertz CT molecular complexity index is 1800. The van der Waals surface area contributed by atoms with Gasteiger partial charge in [-0.25, -0.2) is 9.59 Å². The lowest BCUT2D eigenvalue weighted by molar-refractivity contribution is -0.121. The number of esters is 2. The number of carbonyl (C=O) groups is 4. The summed E-state index contributed by atoms with van der Waals surface area (Å²) >= 11 is 0. The number of hydrogen-bond donors (Lipinski definition) is 2. The van der Waals surface area contributed by atoms with Gasteiger partial charge in [-0.3, -0.25) is 9.59 Å². The quantitative estimate of drug-likeness (QED) is 0.0875. The van der Waals surface area contributed by atoms with Crippen LogP contribution in [0.25, 0.3) is 12.2 Å². The first-order valence-electron chi connectivity index (χ1n) is 13.5. The molecular formula is C35H28O10. The van der Waals surface area contributed by atoms with Crippen LogP contribution in [-0.4, -0.2) is 47.9 Å². The van der Waals surface area contributed by atoms with Crippen LogP contribution in [0.2, 0.25) is 0 Å². The molecule has 228 valence electrons. The number of ketones is 2. The van der Waals surface area contributed by atoms with Crippen LogP contribution in [0.4, 0.5) is 0 Å². The molecule has 0 aliphatic carbocycles. The van der Waals surface area contributed by atoms with Crippen molar-refractivity contribution in [3.63, 3.8) is 0 Å². The zero-order chi connectivity index (χ0) is 32.3. The molecule has 2 N–H and O–H groups in total. The molecule has 0 radical (unpaired) electrons. The minimum absolute atomic E-state index is 0.0289. The van der Waals surface area contributed by atoms with Crippen LogP contribution in [0.5, 0.6) is 34.5 Å². The minimum Gasteiger partial charge on any atom is -0.507 e. The molecule has 0 atom stereocenters. The Morgan fingerprint density at radius 2 is 1.11 bits per heavy atom. The second-order valence-electron chi connectivity index (χ2n) is 9.41. The molecule has 4 rings (SSSR count). The van der Waals surface area contributed by atoms with Crippen LogP contribution < -0.4 is 18.9 Å². The molecule has 0 spiro atoms. The molecule has 0 aliphatic heterocycles. The highest BCUT2D eigenvalue weighted by molar-refractivity contribution is 6.11. The lowest BCUT2D eigenvalue weighted by Gasteiger charge is -2.12. The predicted octanol–water partition coefficient (Wildman–Crippen LogP) is 5.81. The Kier molecular flexibility index (Phi) is 10.5. The molecule has 0 unspecified atom stereocenters. The number of para-hydroxylation sites is 2. The Labute approximate surface area is 258 Å². The average molecular weight is 609 g/mol. The van der Waals surface area contributed by atoms with Crippen molar-refractivity contribution in [2.24, 2.45) is 0 Å². The largest absolute Gasteiger partial charge is 0.507 e. The summed E-state index contributed by atoms with van der Waals surface area (Å²) in [5, 5.41) is 19.6. The van der Waals surface area contributed by atoms with E-state index in [0.717, 1.165) is 0 Å². The van der Waals surface area contributed by atoms with E-state index >= 15 is 0 Å². The van der Waals surface area contributed by atoms with Gasteiger partial charge in [-0.1, -0.05) is 48.6 Å². The summed E-state index contributed by atoms with van der Waals surface area (Å²) in [5.41, 5.74) is 1.05. The Morgan fingerprint density at radius 3 is 1.76 bits per heavy atom. The highest BCUT2D eigenvalue weighted by Gasteiger charge is 2.21. The Hall–Kier alpha value is -6.16. The fourth-order valence-corrected chi connectivity index (χ4v) is 4.02. The lowest BCUT2D eigenvalue weighted by Crippen LogP contribution is -2.15. The molecule has 45 heavy (non-hydrogen) atoms. The van der Waals surface area contributed by atoms with E-state index < -0.39 is 23.5 Å². The van der Waals surface area contributed by atoms with E-state index in [-0.39, 0.29) is 52.0 Å². The molecule has 0 bridgehead atoms. The molecule has 0 aromatic heterocycles. The van der Waals surface area contributed by atoms with Gasteiger partial charge in [-0.15, -0.1) is 0 Å². The van der Waals surface area contributed by atoms with Crippen molar-refractivity contribution < 1.29 is 48.3 Å². The van der Waals surface area contributed by atoms with Crippen LogP contribution in [0.3, 0.4) is 0 Å². The van der Waals surface area contributed by atoms with Gasteiger partial charge in [0.2, 0.25) is 0 Å². The molecule has 10 nitrogen and oxygen atoms in total. The third-order valence-electron chi connectivity index (χ3n) is 6.30. The summed E-state index contributed by atoms with van der Waals surface area (Å²) in [6, 6.07) is 21.0. The molecular weight excluding hydrogens is 580 g/mol. The van der Waals surface area contributed by atoms with Crippen LogP contribution in [0.15, 0.2) is 97.1 Å². The third-order valence-corrected chi connectivity index (χ3v) is 6.30. The van der Waals surface area contributed by atoms with Gasteiger partial charge in [0.05, 0.1) is 20.6 Å². The highest BCUT2D eigenvalue weighted by Crippen LogP contribution is 2.31. The second-order valence-corrected chi connectivity index (χ2v) is 9.41. The van der Waals surface area contributed by atoms with Gasteiger partial charge in [0, 0.05) is 0 Å². The van der Waals surface area contributed by atoms with E-state index in [1.165, 1.54) is 81.0 Å². The first-order valence-corrected chi connectivity index (χ1v) is 13.5. The highest BCUT2D eigenvalue weighted by atomic mass is 16.6. The van der Waals surface area contributed by atoms with Gasteiger partial charge >= 0.3 is 11.9 Å². The number of methoxy groups -OCH3 is 2. The molecule has 0 fully saturated rings. The first kappa shape index (κ1) is 31.8. The summed E-state index contributed by atoms with van der Waals surface area (Å²) in [5.74, 6) is -2.38. The summed E-state index contributed by atoms with van der Waals surface area (Å²) in [6.07, 6.45) is 5.18. The maximum atomic E-state index is 13.0. The van der Waals surface area contributed by atoms with Gasteiger partial charge in [0.15, 0.2) is 34.6 Å². The van der Waals surface area contributed by atoms with E-state index in [1.807, 2.05) is 0 Å². The summed E-state index contributed by atoms with van der Waals surface area (Å²) in [4.78, 5) is 50.3. The number of benzene rings is 4. The maximum Gasteiger partial charge on any atom is 0.347 e. The number of ether oxygens (including phenoxy) is 4. The topological polar surface area (TPSA) is 146 Å².